The topological polar surface area (TPSA) is 67.5 Å². The van der Waals surface area contributed by atoms with Crippen molar-refractivity contribution in [3.05, 3.63) is 0 Å². The van der Waals surface area contributed by atoms with Gasteiger partial charge in [0.05, 0.1) is 0 Å². The molecular weight excluding hydrogens is 198 g/mol. The van der Waals surface area contributed by atoms with E-state index in [1.807, 2.05) is 11.8 Å². The fraction of sp³-hybridized carbons (Fsp3) is 0.778. The molecule has 3 N–H and O–H groups in total. The van der Waals surface area contributed by atoms with Crippen LogP contribution >= 0.6 is 11.8 Å². The Morgan fingerprint density at radius 1 is 1.57 bits per heavy atom. The second kappa shape index (κ2) is 4.68. The van der Waals surface area contributed by atoms with Crippen molar-refractivity contribution in [2.24, 2.45) is 16.8 Å². The lowest BCUT2D eigenvalue weighted by molar-refractivity contribution is 0.249. The first-order chi connectivity index (χ1) is 6.50. The van der Waals surface area contributed by atoms with E-state index in [2.05, 4.69) is 31.3 Å². The lowest BCUT2D eigenvalue weighted by Gasteiger charge is -2.30. The van der Waals surface area contributed by atoms with E-state index >= 15 is 0 Å². The minimum Gasteiger partial charge on any atom is -0.350 e. The molecule has 1 fully saturated rings. The number of amides is 2. The van der Waals surface area contributed by atoms with Gasteiger partial charge in [-0.3, -0.25) is 0 Å². The molecule has 0 spiro atoms. The Morgan fingerprint density at radius 2 is 2.21 bits per heavy atom. The van der Waals surface area contributed by atoms with E-state index < -0.39 is 6.03 Å². The Labute approximate surface area is 88.7 Å². The third kappa shape index (κ3) is 2.90. The summed E-state index contributed by atoms with van der Waals surface area (Å²) in [6, 6.07) is -0.594. The molecule has 3 unspecified atom stereocenters. The van der Waals surface area contributed by atoms with E-state index in [0.717, 1.165) is 12.1 Å². The van der Waals surface area contributed by atoms with Crippen LogP contribution in [0, 0.1) is 5.92 Å². The maximum absolute atomic E-state index is 10.5. The van der Waals surface area contributed by atoms with Gasteiger partial charge in [-0.25, -0.2) is 10.2 Å². The van der Waals surface area contributed by atoms with Gasteiger partial charge in [-0.2, -0.15) is 16.9 Å². The minimum atomic E-state index is -0.594. The first-order valence-electron chi connectivity index (χ1n) is 4.78. The molecule has 2 amide bonds. The van der Waals surface area contributed by atoms with E-state index in [1.54, 1.807) is 0 Å². The zero-order valence-corrected chi connectivity index (χ0v) is 9.60. The summed E-state index contributed by atoms with van der Waals surface area (Å²) in [5, 5.41) is 5.16. The van der Waals surface area contributed by atoms with Gasteiger partial charge in [0.1, 0.15) is 0 Å². The van der Waals surface area contributed by atoms with Crippen molar-refractivity contribution in [2.45, 2.75) is 37.7 Å². The van der Waals surface area contributed by atoms with Gasteiger partial charge in [0, 0.05) is 22.1 Å². The number of hydrogen-bond acceptors (Lipinski definition) is 3. The molecule has 0 radical (unpaired) electrons. The highest BCUT2D eigenvalue weighted by molar-refractivity contribution is 8.00. The normalized spacial score (nSPS) is 35.6. The maximum Gasteiger partial charge on any atom is 0.332 e. The van der Waals surface area contributed by atoms with Crippen LogP contribution < -0.4 is 11.2 Å². The molecule has 0 saturated carbocycles. The monoisotopic (exact) mass is 215 g/mol. The summed E-state index contributed by atoms with van der Waals surface area (Å²) >= 11 is 1.96. The quantitative estimate of drug-likeness (QED) is 0.652. The van der Waals surface area contributed by atoms with Gasteiger partial charge in [0.2, 0.25) is 0 Å². The van der Waals surface area contributed by atoms with E-state index in [-0.39, 0.29) is 0 Å². The molecular formula is C9H17N3OS. The van der Waals surface area contributed by atoms with Crippen molar-refractivity contribution >= 4 is 23.5 Å². The van der Waals surface area contributed by atoms with Crippen LogP contribution in [-0.4, -0.2) is 22.2 Å². The number of nitrogens with two attached hydrogens (primary N) is 1. The van der Waals surface area contributed by atoms with Crippen LogP contribution in [-0.2, 0) is 0 Å². The predicted octanol–water partition coefficient (Wildman–Crippen LogP) is 1.56. The molecule has 4 nitrogen and oxygen atoms in total. The van der Waals surface area contributed by atoms with Crippen molar-refractivity contribution in [2.75, 3.05) is 0 Å². The van der Waals surface area contributed by atoms with Gasteiger partial charge in [0.25, 0.3) is 0 Å². The average molecular weight is 215 g/mol. The molecule has 1 heterocycles. The highest BCUT2D eigenvalue weighted by Crippen LogP contribution is 2.33. The van der Waals surface area contributed by atoms with Crippen molar-refractivity contribution < 1.29 is 4.79 Å². The number of hydrogen-bond donors (Lipinski definition) is 2. The zero-order chi connectivity index (χ0) is 10.7. The SMILES string of the molecule is CC1CC(=NNC(N)=O)C(C)C(C)S1. The van der Waals surface area contributed by atoms with Crippen LogP contribution in [0.1, 0.15) is 27.2 Å². The van der Waals surface area contributed by atoms with Crippen molar-refractivity contribution in [3.8, 4) is 0 Å². The summed E-state index contributed by atoms with van der Waals surface area (Å²) in [5.74, 6) is 0.406. The second-order valence-electron chi connectivity index (χ2n) is 3.72. The molecule has 1 saturated heterocycles. The maximum atomic E-state index is 10.5. The van der Waals surface area contributed by atoms with Gasteiger partial charge in [-0.15, -0.1) is 0 Å². The molecule has 1 aliphatic rings. The lowest BCUT2D eigenvalue weighted by Crippen LogP contribution is -2.34. The predicted molar refractivity (Wildman–Crippen MR) is 60.5 cm³/mol. The Morgan fingerprint density at radius 3 is 2.79 bits per heavy atom. The van der Waals surface area contributed by atoms with Crippen LogP contribution in [0.2, 0.25) is 0 Å². The minimum absolute atomic E-state index is 0.406. The number of hydrazone groups is 1. The van der Waals surface area contributed by atoms with E-state index in [0.29, 0.717) is 16.4 Å². The highest BCUT2D eigenvalue weighted by atomic mass is 32.2. The van der Waals surface area contributed by atoms with Crippen molar-refractivity contribution in [1.82, 2.24) is 5.43 Å². The van der Waals surface area contributed by atoms with Gasteiger partial charge >= 0.3 is 6.03 Å². The largest absolute Gasteiger partial charge is 0.350 e. The highest BCUT2D eigenvalue weighted by Gasteiger charge is 2.27. The molecule has 1 aliphatic heterocycles. The molecule has 0 aromatic rings. The van der Waals surface area contributed by atoms with Crippen molar-refractivity contribution in [1.29, 1.82) is 0 Å². The van der Waals surface area contributed by atoms with E-state index in [1.165, 1.54) is 0 Å². The number of thioether (sulfide) groups is 1. The Bertz CT molecular complexity index is 254. The molecule has 0 aromatic carbocycles. The fourth-order valence-corrected chi connectivity index (χ4v) is 2.95. The number of nitrogens with zero attached hydrogens (tertiary/aromatic N) is 1. The van der Waals surface area contributed by atoms with Gasteiger partial charge in [0.15, 0.2) is 0 Å². The molecule has 80 valence electrons. The smallest absolute Gasteiger partial charge is 0.332 e. The first-order valence-corrected chi connectivity index (χ1v) is 5.72. The second-order valence-corrected chi connectivity index (χ2v) is 5.54. The number of primary amides is 1. The first kappa shape index (κ1) is 11.4. The number of rotatable bonds is 1. The number of nitrogens with one attached hydrogen (secondary N) is 1. The Hall–Kier alpha value is -0.710. The van der Waals surface area contributed by atoms with Crippen molar-refractivity contribution in [3.63, 3.8) is 0 Å². The third-order valence-corrected chi connectivity index (χ3v) is 3.95. The Kier molecular flexibility index (Phi) is 3.80. The average Bonchev–Trinajstić information content (AvgIpc) is 2.08. The number of urea groups is 1. The van der Waals surface area contributed by atoms with Crippen LogP contribution in [0.3, 0.4) is 0 Å². The summed E-state index contributed by atoms with van der Waals surface area (Å²) in [4.78, 5) is 10.5. The van der Waals surface area contributed by atoms with Crippen LogP contribution in [0.4, 0.5) is 4.79 Å². The lowest BCUT2D eigenvalue weighted by atomic mass is 9.98. The number of carbonyl (C=O) groups excluding carboxylic acids is 1. The zero-order valence-electron chi connectivity index (χ0n) is 8.78. The molecule has 0 aliphatic carbocycles. The number of carbonyl (C=O) groups is 1. The van der Waals surface area contributed by atoms with E-state index in [4.69, 9.17) is 5.73 Å². The van der Waals surface area contributed by atoms with Gasteiger partial charge in [-0.1, -0.05) is 20.8 Å². The standard InChI is InChI=1S/C9H17N3OS/c1-5-4-8(11-12-9(10)13)6(2)7(3)14-5/h5-7H,4H2,1-3H3,(H3,10,12,13). The summed E-state index contributed by atoms with van der Waals surface area (Å²) in [5.41, 5.74) is 8.31. The molecule has 0 bridgehead atoms. The Balaban J connectivity index is 2.65. The van der Waals surface area contributed by atoms with Gasteiger partial charge < -0.3 is 5.73 Å². The molecule has 14 heavy (non-hydrogen) atoms. The molecule has 3 atom stereocenters. The van der Waals surface area contributed by atoms with Crippen LogP contribution in [0.5, 0.6) is 0 Å². The molecule has 5 heteroatoms. The summed E-state index contributed by atoms with van der Waals surface area (Å²) in [6.45, 7) is 6.49. The van der Waals surface area contributed by atoms with Crippen LogP contribution in [0.25, 0.3) is 0 Å². The van der Waals surface area contributed by atoms with Gasteiger partial charge in [-0.05, 0) is 6.42 Å². The summed E-state index contributed by atoms with van der Waals surface area (Å²) < 4.78 is 0. The third-order valence-electron chi connectivity index (χ3n) is 2.48. The fourth-order valence-electron chi connectivity index (χ4n) is 1.56. The van der Waals surface area contributed by atoms with Crippen LogP contribution in [0.15, 0.2) is 5.10 Å². The van der Waals surface area contributed by atoms with E-state index in [9.17, 15) is 4.79 Å². The molecule has 1 rings (SSSR count). The molecule has 0 aromatic heterocycles. The summed E-state index contributed by atoms with van der Waals surface area (Å²) in [7, 11) is 0. The summed E-state index contributed by atoms with van der Waals surface area (Å²) in [6.07, 6.45) is 0.927.